The van der Waals surface area contributed by atoms with Gasteiger partial charge in [-0.1, -0.05) is 153 Å². The Hall–Kier alpha value is -6.36. The number of methoxy groups -OCH3 is 1. The van der Waals surface area contributed by atoms with Crippen LogP contribution in [0.3, 0.4) is 0 Å². The van der Waals surface area contributed by atoms with E-state index in [1.54, 1.807) is 24.3 Å². The summed E-state index contributed by atoms with van der Waals surface area (Å²) >= 11 is 0. The molecular weight excluding hydrogens is 1080 g/mol. The van der Waals surface area contributed by atoms with E-state index in [9.17, 15) is 32.7 Å². The van der Waals surface area contributed by atoms with Crippen molar-refractivity contribution in [2.75, 3.05) is 13.7 Å². The molecule has 5 aromatic rings. The highest BCUT2D eigenvalue weighted by atomic mass is 19.4. The zero-order valence-corrected chi connectivity index (χ0v) is 46.5. The molecule has 5 aromatic carbocycles. The Balaban J connectivity index is 1.09. The van der Waals surface area contributed by atoms with Gasteiger partial charge in [0, 0.05) is 11.8 Å². The molecular formula is C64H72F3NO15. The number of carbonyl (C=O) groups is 3. The first kappa shape index (κ1) is 61.2. The Labute approximate surface area is 481 Å². The summed E-state index contributed by atoms with van der Waals surface area (Å²) in [5, 5.41) is 14.4. The summed E-state index contributed by atoms with van der Waals surface area (Å²) < 4.78 is 115. The van der Waals surface area contributed by atoms with E-state index in [1.165, 1.54) is 19.2 Å². The fourth-order valence-corrected chi connectivity index (χ4v) is 10.9. The zero-order valence-electron chi connectivity index (χ0n) is 46.5. The molecule has 19 heteroatoms. The van der Waals surface area contributed by atoms with Crippen molar-refractivity contribution in [1.82, 2.24) is 5.32 Å². The molecule has 2 aliphatic carbocycles. The number of hydrogen-bond acceptors (Lipinski definition) is 15. The zero-order chi connectivity index (χ0) is 58.5. The average molecular weight is 1150 g/mol. The summed E-state index contributed by atoms with van der Waals surface area (Å²) in [6, 6.07) is 43.9. The number of amides is 1. The van der Waals surface area contributed by atoms with E-state index < -0.39 is 122 Å². The van der Waals surface area contributed by atoms with Gasteiger partial charge in [0.15, 0.2) is 18.9 Å². The van der Waals surface area contributed by atoms with Crippen molar-refractivity contribution in [2.24, 2.45) is 23.7 Å². The van der Waals surface area contributed by atoms with Crippen LogP contribution in [0.15, 0.2) is 164 Å². The molecule has 444 valence electrons. The molecule has 0 radical (unpaired) electrons. The van der Waals surface area contributed by atoms with Crippen LogP contribution in [0.5, 0.6) is 0 Å². The highest BCUT2D eigenvalue weighted by molar-refractivity contribution is 5.89. The molecule has 10 unspecified atom stereocenters. The number of nitrogens with one attached hydrogen (secondary N) is 1. The highest BCUT2D eigenvalue weighted by Crippen LogP contribution is 2.45. The third-order valence-electron chi connectivity index (χ3n) is 15.6. The number of rotatable bonds is 25. The third kappa shape index (κ3) is 16.3. The quantitative estimate of drug-likeness (QED) is 0.0320. The molecule has 4 fully saturated rings. The van der Waals surface area contributed by atoms with Gasteiger partial charge in [0.25, 0.3) is 0 Å². The lowest BCUT2D eigenvalue weighted by molar-refractivity contribution is -0.352. The van der Waals surface area contributed by atoms with Crippen molar-refractivity contribution >= 4 is 17.8 Å². The van der Waals surface area contributed by atoms with Gasteiger partial charge < -0.3 is 62.5 Å². The molecule has 2 heterocycles. The van der Waals surface area contributed by atoms with Crippen LogP contribution in [-0.2, 0) is 88.1 Å². The van der Waals surface area contributed by atoms with Crippen LogP contribution in [0.25, 0.3) is 0 Å². The minimum absolute atomic E-state index is 0.0284. The lowest BCUT2D eigenvalue weighted by atomic mass is 9.77. The van der Waals surface area contributed by atoms with Crippen molar-refractivity contribution in [3.63, 3.8) is 0 Å². The standard InChI is InChI=1S/C64H72F3NO15/c1-5-45-32-47(58(70)73-4)33-49(54(45)82-62-57(76-36-43-25-15-8-16-26-43)56(75-35-42-23-13-7-14-24-42)53(40(3)79-62)74-34-41-21-11-6-12-22-41)80-61-51(68-63(72)64(65,66)67)55(52(69)50(81-61)38-77-59(71)46-29-19-10-20-30-46)83-60(48-31-39(48)2)78-37-44-27-17-9-18-28-44/h5-30,39-40,45,47-57,60-62,69H,1,31-38H2,2-4H3,(H,68,72)/t39-,40-,45?,47?,48+,49+,50?,51?,52-,53?,54?,55?,56?,57-,60?,61+,62?/m0/s1. The number of alkyl halides is 3. The van der Waals surface area contributed by atoms with Gasteiger partial charge in [-0.05, 0) is 66.5 Å². The fraction of sp³-hybridized carbons (Fsp3) is 0.453. The monoisotopic (exact) mass is 1150 g/mol. The number of hydrogen-bond donors (Lipinski definition) is 2. The van der Waals surface area contributed by atoms with E-state index >= 15 is 0 Å². The summed E-state index contributed by atoms with van der Waals surface area (Å²) in [6.07, 6.45) is -18.6. The molecule has 9 rings (SSSR count). The summed E-state index contributed by atoms with van der Waals surface area (Å²) in [7, 11) is 1.23. The Morgan fingerprint density at radius 2 is 1.18 bits per heavy atom. The van der Waals surface area contributed by atoms with E-state index in [1.807, 2.05) is 140 Å². The minimum Gasteiger partial charge on any atom is -0.469 e. The maximum absolute atomic E-state index is 14.6. The molecule has 2 N–H and O–H groups in total. The first-order chi connectivity index (χ1) is 40.2. The second kappa shape index (κ2) is 29.0. The van der Waals surface area contributed by atoms with Crippen molar-refractivity contribution in [3.05, 3.63) is 192 Å². The molecule has 2 saturated carbocycles. The molecule has 1 amide bonds. The van der Waals surface area contributed by atoms with Crippen molar-refractivity contribution in [2.45, 2.75) is 146 Å². The summed E-state index contributed by atoms with van der Waals surface area (Å²) in [5.41, 5.74) is 3.54. The number of benzene rings is 5. The molecule has 2 aliphatic heterocycles. The SMILES string of the molecule is C=CC1CC(C(=O)OC)C[C@@H](O[C@@H]2OC(COC(=O)c3ccccc3)[C@H](O)C(OC(OCc3ccccc3)[C@@H]3C[C@@H]3C)C2NC(=O)C(F)(F)F)C1OC1O[C@@H](C)C(OCc2ccccc2)C(OCc2ccccc2)[C@@H]1OCc1ccccc1. The molecule has 2 saturated heterocycles. The molecule has 0 aromatic heterocycles. The van der Waals surface area contributed by atoms with E-state index in [4.69, 9.17) is 52.1 Å². The minimum atomic E-state index is -5.44. The van der Waals surface area contributed by atoms with Gasteiger partial charge in [-0.25, -0.2) is 4.79 Å². The predicted octanol–water partition coefficient (Wildman–Crippen LogP) is 9.22. The first-order valence-corrected chi connectivity index (χ1v) is 28.0. The van der Waals surface area contributed by atoms with E-state index in [-0.39, 0.29) is 56.7 Å². The molecule has 16 nitrogen and oxygen atoms in total. The average Bonchev–Trinajstić information content (AvgIpc) is 4.38. The van der Waals surface area contributed by atoms with E-state index in [0.717, 1.165) is 22.3 Å². The predicted molar refractivity (Wildman–Crippen MR) is 294 cm³/mol. The second-order valence-corrected chi connectivity index (χ2v) is 21.5. The lowest BCUT2D eigenvalue weighted by Crippen LogP contribution is -2.68. The van der Waals surface area contributed by atoms with Gasteiger partial charge in [0.2, 0.25) is 0 Å². The summed E-state index contributed by atoms with van der Waals surface area (Å²) in [5.74, 6) is -5.66. The van der Waals surface area contributed by atoms with Gasteiger partial charge in [-0.3, -0.25) is 9.59 Å². The van der Waals surface area contributed by atoms with Crippen LogP contribution in [0, 0.1) is 23.7 Å². The Bertz CT molecular complexity index is 2820. The maximum Gasteiger partial charge on any atom is 0.471 e. The summed E-state index contributed by atoms with van der Waals surface area (Å²) in [6.45, 7) is 7.70. The number of aliphatic hydroxyl groups is 1. The largest absolute Gasteiger partial charge is 0.471 e. The number of esters is 2. The van der Waals surface area contributed by atoms with Crippen LogP contribution >= 0.6 is 0 Å². The van der Waals surface area contributed by atoms with Gasteiger partial charge >= 0.3 is 24.0 Å². The van der Waals surface area contributed by atoms with Crippen molar-refractivity contribution < 1.29 is 84.8 Å². The van der Waals surface area contributed by atoms with Crippen LogP contribution in [-0.4, -0.2) is 123 Å². The number of ether oxygens (including phenoxy) is 11. The van der Waals surface area contributed by atoms with Crippen molar-refractivity contribution in [3.8, 4) is 0 Å². The fourth-order valence-electron chi connectivity index (χ4n) is 10.9. The number of halogens is 3. The van der Waals surface area contributed by atoms with Crippen LogP contribution in [0.4, 0.5) is 13.2 Å². The Morgan fingerprint density at radius 3 is 1.70 bits per heavy atom. The lowest BCUT2D eigenvalue weighted by Gasteiger charge is -2.50. The molecule has 0 spiro atoms. The Kier molecular flexibility index (Phi) is 21.4. The summed E-state index contributed by atoms with van der Waals surface area (Å²) in [4.78, 5) is 40.4. The smallest absolute Gasteiger partial charge is 0.469 e. The van der Waals surface area contributed by atoms with Crippen LogP contribution in [0.2, 0.25) is 0 Å². The highest BCUT2D eigenvalue weighted by Gasteiger charge is 2.56. The van der Waals surface area contributed by atoms with Gasteiger partial charge in [0.05, 0.1) is 63.3 Å². The van der Waals surface area contributed by atoms with Crippen molar-refractivity contribution in [1.29, 1.82) is 0 Å². The van der Waals surface area contributed by atoms with Gasteiger partial charge in [-0.15, -0.1) is 6.58 Å². The third-order valence-corrected chi connectivity index (χ3v) is 15.6. The van der Waals surface area contributed by atoms with E-state index in [0.29, 0.717) is 6.42 Å². The molecule has 17 atom stereocenters. The first-order valence-electron chi connectivity index (χ1n) is 28.0. The maximum atomic E-state index is 14.6. The topological polar surface area (TPSA) is 185 Å². The van der Waals surface area contributed by atoms with Crippen LogP contribution < -0.4 is 5.32 Å². The molecule has 83 heavy (non-hydrogen) atoms. The van der Waals surface area contributed by atoms with Gasteiger partial charge in [-0.2, -0.15) is 13.2 Å². The molecule has 0 bridgehead atoms. The number of carbonyl (C=O) groups excluding carboxylic acids is 3. The molecule has 4 aliphatic rings. The second-order valence-electron chi connectivity index (χ2n) is 21.5. The number of aliphatic hydroxyl groups excluding tert-OH is 1. The normalized spacial score (nSPS) is 30.1. The van der Waals surface area contributed by atoms with Gasteiger partial charge in [0.1, 0.15) is 49.3 Å². The Morgan fingerprint density at radius 1 is 0.663 bits per heavy atom. The van der Waals surface area contributed by atoms with Crippen LogP contribution in [0.1, 0.15) is 65.7 Å². The van der Waals surface area contributed by atoms with E-state index in [2.05, 4.69) is 6.58 Å².